The van der Waals surface area contributed by atoms with Gasteiger partial charge in [-0.15, -0.1) is 0 Å². The number of fused-ring (bicyclic) bond motifs is 1. The number of rotatable bonds is 4. The summed E-state index contributed by atoms with van der Waals surface area (Å²) in [5.74, 6) is 0. The molecule has 0 aliphatic carbocycles. The first-order valence-corrected chi connectivity index (χ1v) is 9.27. The van der Waals surface area contributed by atoms with E-state index in [1.54, 1.807) is 6.07 Å². The van der Waals surface area contributed by atoms with Crippen molar-refractivity contribution in [2.24, 2.45) is 0 Å². The van der Waals surface area contributed by atoms with Crippen LogP contribution in [0.4, 0.5) is 4.79 Å². The summed E-state index contributed by atoms with van der Waals surface area (Å²) in [6.45, 7) is 7.61. The Morgan fingerprint density at radius 2 is 2.00 bits per heavy atom. The van der Waals surface area contributed by atoms with E-state index in [2.05, 4.69) is 4.98 Å². The molecule has 1 fully saturated rings. The number of amides is 1. The molecule has 0 N–H and O–H groups in total. The molecule has 0 bridgehead atoms. The van der Waals surface area contributed by atoms with Crippen molar-refractivity contribution < 1.29 is 19.1 Å². The van der Waals surface area contributed by atoms with Crippen LogP contribution in [-0.4, -0.2) is 47.1 Å². The minimum atomic E-state index is -0.322. The Balaban J connectivity index is 1.71. The zero-order valence-electron chi connectivity index (χ0n) is 16.1. The summed E-state index contributed by atoms with van der Waals surface area (Å²) in [5, 5.41) is 0.909. The molecule has 27 heavy (non-hydrogen) atoms. The van der Waals surface area contributed by atoms with Crippen LogP contribution in [0.25, 0.3) is 10.9 Å². The van der Waals surface area contributed by atoms with Crippen LogP contribution in [0.5, 0.6) is 0 Å². The number of hydrogen-bond donors (Lipinski definition) is 0. The van der Waals surface area contributed by atoms with Gasteiger partial charge in [-0.2, -0.15) is 0 Å². The fraction of sp³-hybridized carbons (Fsp3) is 0.476. The van der Waals surface area contributed by atoms with Gasteiger partial charge in [-0.05, 0) is 57.4 Å². The second-order valence-corrected chi connectivity index (χ2v) is 7.82. The van der Waals surface area contributed by atoms with Crippen molar-refractivity contribution >= 4 is 23.3 Å². The van der Waals surface area contributed by atoms with E-state index < -0.39 is 0 Å². The van der Waals surface area contributed by atoms with E-state index in [0.29, 0.717) is 18.9 Å². The van der Waals surface area contributed by atoms with Gasteiger partial charge in [0.1, 0.15) is 12.3 Å². The number of pyridine rings is 1. The Morgan fingerprint density at radius 1 is 1.26 bits per heavy atom. The number of nitrogens with zero attached hydrogens (tertiary/aromatic N) is 2. The number of aromatic nitrogens is 1. The minimum absolute atomic E-state index is 0.133. The maximum atomic E-state index is 12.8. The van der Waals surface area contributed by atoms with Gasteiger partial charge in [0, 0.05) is 30.2 Å². The van der Waals surface area contributed by atoms with E-state index in [-0.39, 0.29) is 24.3 Å². The molecule has 6 nitrogen and oxygen atoms in total. The van der Waals surface area contributed by atoms with Gasteiger partial charge >= 0.3 is 6.09 Å². The number of carbonyl (C=O) groups is 2. The summed E-state index contributed by atoms with van der Waals surface area (Å²) in [7, 11) is 0. The molecule has 6 heteroatoms. The minimum Gasteiger partial charge on any atom is -0.445 e. The molecule has 0 unspecified atom stereocenters. The van der Waals surface area contributed by atoms with Gasteiger partial charge < -0.3 is 14.4 Å². The number of ether oxygens (including phenoxy) is 2. The molecule has 1 aromatic heterocycles. The Hall–Kier alpha value is -2.47. The average Bonchev–Trinajstić information content (AvgIpc) is 2.65. The first-order chi connectivity index (χ1) is 12.9. The lowest BCUT2D eigenvalue weighted by molar-refractivity contribution is -0.00668. The van der Waals surface area contributed by atoms with Crippen molar-refractivity contribution in [1.82, 2.24) is 9.88 Å². The average molecular weight is 370 g/mol. The number of aldehydes is 1. The standard InChI is InChI=1S/C21H26N2O4/c1-21(2,3)23(18-8-10-26-11-9-18)20(25)27-14-15-4-7-19-16(12-15)5-6-17(13-24)22-19/h4-7,12-13,18H,8-11,14H2,1-3H3. The van der Waals surface area contributed by atoms with Crippen molar-refractivity contribution in [3.05, 3.63) is 41.6 Å². The summed E-state index contributed by atoms with van der Waals surface area (Å²) in [6.07, 6.45) is 2.08. The first kappa shape index (κ1) is 19.3. The molecule has 0 atom stereocenters. The molecule has 3 rings (SSSR count). The third-order valence-electron chi connectivity index (χ3n) is 4.73. The number of carbonyl (C=O) groups excluding carboxylic acids is 2. The molecule has 0 radical (unpaired) electrons. The van der Waals surface area contributed by atoms with Gasteiger partial charge in [0.25, 0.3) is 0 Å². The summed E-state index contributed by atoms with van der Waals surface area (Å²) in [4.78, 5) is 29.8. The lowest BCUT2D eigenvalue weighted by Crippen LogP contribution is -2.53. The predicted molar refractivity (Wildman–Crippen MR) is 103 cm³/mol. The van der Waals surface area contributed by atoms with Crippen LogP contribution in [0.3, 0.4) is 0 Å². The van der Waals surface area contributed by atoms with Gasteiger partial charge in [-0.25, -0.2) is 9.78 Å². The molecule has 1 aliphatic heterocycles. The van der Waals surface area contributed by atoms with Gasteiger partial charge in [0.2, 0.25) is 0 Å². The molecule has 0 saturated carbocycles. The van der Waals surface area contributed by atoms with Gasteiger partial charge in [-0.1, -0.05) is 12.1 Å². The topological polar surface area (TPSA) is 68.7 Å². The third-order valence-corrected chi connectivity index (χ3v) is 4.73. The Bertz CT molecular complexity index is 823. The molecule has 2 heterocycles. The predicted octanol–water partition coefficient (Wildman–Crippen LogP) is 3.96. The van der Waals surface area contributed by atoms with Crippen LogP contribution in [0.1, 0.15) is 49.7 Å². The van der Waals surface area contributed by atoms with Gasteiger partial charge in [-0.3, -0.25) is 4.79 Å². The molecule has 1 saturated heterocycles. The van der Waals surface area contributed by atoms with Crippen LogP contribution in [0.2, 0.25) is 0 Å². The Labute approximate surface area is 159 Å². The fourth-order valence-corrected chi connectivity index (χ4v) is 3.47. The number of benzene rings is 1. The maximum absolute atomic E-state index is 12.8. The molecule has 144 valence electrons. The second-order valence-electron chi connectivity index (χ2n) is 7.82. The third kappa shape index (κ3) is 4.63. The lowest BCUT2D eigenvalue weighted by Gasteiger charge is -2.42. The van der Waals surface area contributed by atoms with Crippen molar-refractivity contribution in [3.63, 3.8) is 0 Å². The molecule has 0 spiro atoms. The van der Waals surface area contributed by atoms with Gasteiger partial charge in [0.05, 0.1) is 5.52 Å². The first-order valence-electron chi connectivity index (χ1n) is 9.27. The fourth-order valence-electron chi connectivity index (χ4n) is 3.47. The summed E-state index contributed by atoms with van der Waals surface area (Å²) >= 11 is 0. The summed E-state index contributed by atoms with van der Waals surface area (Å²) < 4.78 is 11.1. The molecular formula is C21H26N2O4. The van der Waals surface area contributed by atoms with Crippen molar-refractivity contribution in [3.8, 4) is 0 Å². The van der Waals surface area contributed by atoms with Crippen molar-refractivity contribution in [2.75, 3.05) is 13.2 Å². The Morgan fingerprint density at radius 3 is 2.67 bits per heavy atom. The van der Waals surface area contributed by atoms with Crippen LogP contribution in [0, 0.1) is 0 Å². The van der Waals surface area contributed by atoms with Crippen LogP contribution < -0.4 is 0 Å². The molecule has 1 aliphatic rings. The van der Waals surface area contributed by atoms with E-state index in [1.807, 2.05) is 49.9 Å². The van der Waals surface area contributed by atoms with Crippen LogP contribution in [0.15, 0.2) is 30.3 Å². The molecule has 1 amide bonds. The largest absolute Gasteiger partial charge is 0.445 e. The van der Waals surface area contributed by atoms with E-state index in [1.165, 1.54) is 0 Å². The molecule has 2 aromatic rings. The zero-order valence-corrected chi connectivity index (χ0v) is 16.1. The molecule has 1 aromatic carbocycles. The summed E-state index contributed by atoms with van der Waals surface area (Å²) in [6, 6.07) is 9.30. The van der Waals surface area contributed by atoms with E-state index in [4.69, 9.17) is 9.47 Å². The molecular weight excluding hydrogens is 344 g/mol. The van der Waals surface area contributed by atoms with E-state index in [9.17, 15) is 9.59 Å². The van der Waals surface area contributed by atoms with Crippen LogP contribution in [-0.2, 0) is 16.1 Å². The SMILES string of the molecule is CC(C)(C)N(C(=O)OCc1ccc2nc(C=O)ccc2c1)C1CCOCC1. The van der Waals surface area contributed by atoms with E-state index >= 15 is 0 Å². The second kappa shape index (κ2) is 8.05. The highest BCUT2D eigenvalue weighted by Crippen LogP contribution is 2.25. The highest BCUT2D eigenvalue weighted by atomic mass is 16.6. The highest BCUT2D eigenvalue weighted by molar-refractivity contribution is 5.83. The van der Waals surface area contributed by atoms with E-state index in [0.717, 1.165) is 35.6 Å². The van der Waals surface area contributed by atoms with Gasteiger partial charge in [0.15, 0.2) is 6.29 Å². The highest BCUT2D eigenvalue weighted by Gasteiger charge is 2.35. The van der Waals surface area contributed by atoms with Crippen molar-refractivity contribution in [1.29, 1.82) is 0 Å². The normalized spacial score (nSPS) is 15.5. The lowest BCUT2D eigenvalue weighted by atomic mass is 9.99. The van der Waals surface area contributed by atoms with Crippen molar-refractivity contribution in [2.45, 2.75) is 51.8 Å². The summed E-state index contributed by atoms with van der Waals surface area (Å²) in [5.41, 5.74) is 1.71. The number of hydrogen-bond acceptors (Lipinski definition) is 5. The monoisotopic (exact) mass is 370 g/mol. The Kier molecular flexibility index (Phi) is 5.75. The van der Waals surface area contributed by atoms with Crippen LogP contribution >= 0.6 is 0 Å². The smallest absolute Gasteiger partial charge is 0.410 e. The quantitative estimate of drug-likeness (QED) is 0.762. The zero-order chi connectivity index (χ0) is 19.4. The maximum Gasteiger partial charge on any atom is 0.410 e.